The second-order valence-corrected chi connectivity index (χ2v) is 5.04. The largest absolute Gasteiger partial charge is 0.298 e. The van der Waals surface area contributed by atoms with Crippen LogP contribution in [0, 0.1) is 0 Å². The number of para-hydroxylation sites is 1. The first-order valence-electron chi connectivity index (χ1n) is 6.00. The van der Waals surface area contributed by atoms with Crippen molar-refractivity contribution in [1.29, 1.82) is 0 Å². The van der Waals surface area contributed by atoms with Crippen molar-refractivity contribution < 1.29 is 4.79 Å². The van der Waals surface area contributed by atoms with Crippen molar-refractivity contribution in [2.75, 3.05) is 0 Å². The third kappa shape index (κ3) is 2.28. The van der Waals surface area contributed by atoms with Crippen molar-refractivity contribution in [3.05, 3.63) is 65.0 Å². The van der Waals surface area contributed by atoms with Gasteiger partial charge in [0, 0.05) is 28.6 Å². The van der Waals surface area contributed by atoms with Crippen LogP contribution in [0.1, 0.15) is 10.4 Å². The highest BCUT2D eigenvalue weighted by molar-refractivity contribution is 9.10. The number of aldehydes is 1. The Kier molecular flexibility index (Phi) is 3.43. The maximum absolute atomic E-state index is 11.2. The van der Waals surface area contributed by atoms with Gasteiger partial charge in [0.2, 0.25) is 0 Å². The van der Waals surface area contributed by atoms with Crippen LogP contribution < -0.4 is 0 Å². The van der Waals surface area contributed by atoms with Crippen LogP contribution in [0.25, 0.3) is 16.9 Å². The van der Waals surface area contributed by atoms with Crippen LogP contribution in [0.15, 0.2) is 59.5 Å². The Bertz CT molecular complexity index is 753. The van der Waals surface area contributed by atoms with Crippen LogP contribution in [-0.4, -0.2) is 21.1 Å². The van der Waals surface area contributed by atoms with Crippen LogP contribution >= 0.6 is 15.9 Å². The monoisotopic (exact) mass is 327 g/mol. The summed E-state index contributed by atoms with van der Waals surface area (Å²) in [5.41, 5.74) is 2.86. The molecule has 98 valence electrons. The van der Waals surface area contributed by atoms with E-state index >= 15 is 0 Å². The predicted molar refractivity (Wildman–Crippen MR) is 79.9 cm³/mol. The van der Waals surface area contributed by atoms with E-state index in [-0.39, 0.29) is 0 Å². The van der Waals surface area contributed by atoms with E-state index in [1.807, 2.05) is 36.4 Å². The van der Waals surface area contributed by atoms with E-state index in [9.17, 15) is 4.79 Å². The molecule has 0 aliphatic rings. The Morgan fingerprint density at radius 2 is 2.00 bits per heavy atom. The van der Waals surface area contributed by atoms with Crippen molar-refractivity contribution in [2.24, 2.45) is 0 Å². The molecule has 0 N–H and O–H groups in total. The van der Waals surface area contributed by atoms with Crippen LogP contribution in [0.5, 0.6) is 0 Å². The maximum Gasteiger partial charge on any atom is 0.153 e. The first kappa shape index (κ1) is 12.7. The smallest absolute Gasteiger partial charge is 0.153 e. The Hall–Kier alpha value is -2.27. The number of benzene rings is 1. The number of hydrogen-bond donors (Lipinski definition) is 0. The van der Waals surface area contributed by atoms with Crippen molar-refractivity contribution in [2.45, 2.75) is 0 Å². The molecule has 3 aromatic rings. The molecule has 0 aliphatic carbocycles. The summed E-state index contributed by atoms with van der Waals surface area (Å²) in [5, 5.41) is 4.50. The summed E-state index contributed by atoms with van der Waals surface area (Å²) in [6.07, 6.45) is 5.91. The molecule has 2 heterocycles. The zero-order chi connectivity index (χ0) is 13.9. The Morgan fingerprint density at radius 1 is 1.15 bits per heavy atom. The summed E-state index contributed by atoms with van der Waals surface area (Å²) in [4.78, 5) is 15.3. The molecule has 2 aromatic heterocycles. The van der Waals surface area contributed by atoms with Crippen LogP contribution in [0.3, 0.4) is 0 Å². The second kappa shape index (κ2) is 5.38. The molecule has 0 unspecified atom stereocenters. The van der Waals surface area contributed by atoms with Gasteiger partial charge < -0.3 is 0 Å². The average Bonchev–Trinajstić information content (AvgIpc) is 2.92. The van der Waals surface area contributed by atoms with Gasteiger partial charge in [0.15, 0.2) is 6.29 Å². The van der Waals surface area contributed by atoms with Gasteiger partial charge in [-0.3, -0.25) is 9.78 Å². The highest BCUT2D eigenvalue weighted by Crippen LogP contribution is 2.25. The molecule has 0 radical (unpaired) electrons. The number of hydrogen-bond acceptors (Lipinski definition) is 3. The maximum atomic E-state index is 11.2. The fourth-order valence-corrected chi connectivity index (χ4v) is 2.43. The average molecular weight is 328 g/mol. The van der Waals surface area contributed by atoms with Gasteiger partial charge in [-0.1, -0.05) is 12.1 Å². The predicted octanol–water partition coefficient (Wildman–Crippen LogP) is 3.51. The van der Waals surface area contributed by atoms with Crippen molar-refractivity contribution in [3.8, 4) is 16.9 Å². The SMILES string of the molecule is O=Cc1cn(-c2ccccc2Br)nc1-c1cccnc1. The quantitative estimate of drug-likeness (QED) is 0.691. The van der Waals surface area contributed by atoms with Gasteiger partial charge in [-0.25, -0.2) is 4.68 Å². The number of carbonyl (C=O) groups excluding carboxylic acids is 1. The number of nitrogens with zero attached hydrogens (tertiary/aromatic N) is 3. The zero-order valence-electron chi connectivity index (χ0n) is 10.4. The molecule has 0 saturated carbocycles. The molecule has 3 rings (SSSR count). The van der Waals surface area contributed by atoms with E-state index in [0.717, 1.165) is 22.0 Å². The lowest BCUT2D eigenvalue weighted by Crippen LogP contribution is -1.95. The fourth-order valence-electron chi connectivity index (χ4n) is 1.96. The van der Waals surface area contributed by atoms with Gasteiger partial charge in [-0.05, 0) is 40.2 Å². The molecular weight excluding hydrogens is 318 g/mol. The first-order valence-corrected chi connectivity index (χ1v) is 6.79. The Morgan fingerprint density at radius 3 is 2.70 bits per heavy atom. The Labute approximate surface area is 124 Å². The molecule has 0 atom stereocenters. The molecule has 0 amide bonds. The minimum atomic E-state index is 0.536. The third-order valence-electron chi connectivity index (χ3n) is 2.90. The normalized spacial score (nSPS) is 10.4. The number of aromatic nitrogens is 3. The molecule has 0 aliphatic heterocycles. The number of rotatable bonds is 3. The van der Waals surface area contributed by atoms with Crippen molar-refractivity contribution in [1.82, 2.24) is 14.8 Å². The number of carbonyl (C=O) groups is 1. The highest BCUT2D eigenvalue weighted by atomic mass is 79.9. The highest BCUT2D eigenvalue weighted by Gasteiger charge is 2.12. The van der Waals surface area contributed by atoms with Gasteiger partial charge in [0.25, 0.3) is 0 Å². The second-order valence-electron chi connectivity index (χ2n) is 4.19. The summed E-state index contributed by atoms with van der Waals surface area (Å²) < 4.78 is 2.61. The van der Waals surface area contributed by atoms with Crippen LogP contribution in [0.4, 0.5) is 0 Å². The number of pyridine rings is 1. The standard InChI is InChI=1S/C15H10BrN3O/c16-13-5-1-2-6-14(13)19-9-12(10-20)15(18-19)11-4-3-7-17-8-11/h1-10H. The molecule has 4 nitrogen and oxygen atoms in total. The molecule has 0 spiro atoms. The molecule has 0 bridgehead atoms. The zero-order valence-corrected chi connectivity index (χ0v) is 12.0. The molecule has 20 heavy (non-hydrogen) atoms. The first-order chi connectivity index (χ1) is 9.79. The van der Waals surface area contributed by atoms with E-state index in [1.54, 1.807) is 23.3 Å². The van der Waals surface area contributed by atoms with Gasteiger partial charge >= 0.3 is 0 Å². The lowest BCUT2D eigenvalue weighted by molar-refractivity contribution is 0.112. The molecule has 1 aromatic carbocycles. The summed E-state index contributed by atoms with van der Waals surface area (Å²) in [5.74, 6) is 0. The lowest BCUT2D eigenvalue weighted by Gasteiger charge is -2.03. The topological polar surface area (TPSA) is 47.8 Å². The minimum absolute atomic E-state index is 0.536. The summed E-state index contributed by atoms with van der Waals surface area (Å²) in [7, 11) is 0. The summed E-state index contributed by atoms with van der Waals surface area (Å²) >= 11 is 3.48. The van der Waals surface area contributed by atoms with E-state index in [4.69, 9.17) is 0 Å². The van der Waals surface area contributed by atoms with Crippen molar-refractivity contribution in [3.63, 3.8) is 0 Å². The van der Waals surface area contributed by atoms with E-state index in [0.29, 0.717) is 11.3 Å². The lowest BCUT2D eigenvalue weighted by atomic mass is 10.1. The van der Waals surface area contributed by atoms with Gasteiger partial charge in [0.05, 0.1) is 11.3 Å². The van der Waals surface area contributed by atoms with Crippen LogP contribution in [0.2, 0.25) is 0 Å². The third-order valence-corrected chi connectivity index (χ3v) is 3.57. The van der Waals surface area contributed by atoms with Gasteiger partial charge in [-0.15, -0.1) is 0 Å². The van der Waals surface area contributed by atoms with Gasteiger partial charge in [-0.2, -0.15) is 5.10 Å². The minimum Gasteiger partial charge on any atom is -0.298 e. The van der Waals surface area contributed by atoms with E-state index < -0.39 is 0 Å². The summed E-state index contributed by atoms with van der Waals surface area (Å²) in [6, 6.07) is 11.4. The van der Waals surface area contributed by atoms with E-state index in [1.165, 1.54) is 0 Å². The fraction of sp³-hybridized carbons (Fsp3) is 0. The molecular formula is C15H10BrN3O. The summed E-state index contributed by atoms with van der Waals surface area (Å²) in [6.45, 7) is 0. The molecule has 0 fully saturated rings. The van der Waals surface area contributed by atoms with Crippen molar-refractivity contribution >= 4 is 22.2 Å². The molecule has 0 saturated heterocycles. The van der Waals surface area contributed by atoms with E-state index in [2.05, 4.69) is 26.0 Å². The number of halogens is 1. The van der Waals surface area contributed by atoms with Crippen LogP contribution in [-0.2, 0) is 0 Å². The van der Waals surface area contributed by atoms with Gasteiger partial charge in [0.1, 0.15) is 5.69 Å². The molecule has 5 heteroatoms. The Balaban J connectivity index is 2.15.